The molecule has 1 atom stereocenters. The zero-order valence-corrected chi connectivity index (χ0v) is 9.45. The Balaban J connectivity index is 3.91. The highest BCUT2D eigenvalue weighted by molar-refractivity contribution is 8.39. The molecule has 3 nitrogen and oxygen atoms in total. The molecular formula is C6H17O3PS. The van der Waals surface area contributed by atoms with E-state index in [2.05, 4.69) is 8.44 Å². The SMILES string of the molecule is CC(C)O[SH](=O)(P)OC(C)C. The molecule has 0 saturated carbocycles. The molecule has 0 spiro atoms. The first-order valence-corrected chi connectivity index (χ1v) is 6.75. The van der Waals surface area contributed by atoms with E-state index < -0.39 is 10.1 Å². The summed E-state index contributed by atoms with van der Waals surface area (Å²) in [7, 11) is -0.772. The van der Waals surface area contributed by atoms with E-state index >= 15 is 0 Å². The average Bonchev–Trinajstić information content (AvgIpc) is 1.53. The fourth-order valence-corrected chi connectivity index (χ4v) is 3.30. The summed E-state index contributed by atoms with van der Waals surface area (Å²) in [5.41, 5.74) is 0. The van der Waals surface area contributed by atoms with Gasteiger partial charge in [0.1, 0.15) is 0 Å². The van der Waals surface area contributed by atoms with Crippen LogP contribution in [0.3, 0.4) is 0 Å². The minimum atomic E-state index is -2.89. The second-order valence-electron chi connectivity index (χ2n) is 2.85. The van der Waals surface area contributed by atoms with E-state index in [1.165, 1.54) is 0 Å². The quantitative estimate of drug-likeness (QED) is 0.551. The largest absolute Gasteiger partial charge is 0.289 e. The standard InChI is InChI=1S/C6H17O3PS/c1-5(2)8-11(7,10)9-6(3)4/h5-6,11H,10H2,1-4H3. The molecule has 0 radical (unpaired) electrons. The predicted molar refractivity (Wildman–Crippen MR) is 51.7 cm³/mol. The first kappa shape index (κ1) is 11.5. The highest BCUT2D eigenvalue weighted by atomic mass is 32.8. The Morgan fingerprint density at radius 3 is 1.55 bits per heavy atom. The molecule has 70 valence electrons. The molecule has 0 aromatic rings. The van der Waals surface area contributed by atoms with Crippen molar-refractivity contribution in [1.29, 1.82) is 0 Å². The van der Waals surface area contributed by atoms with Crippen LogP contribution in [0.25, 0.3) is 0 Å². The topological polar surface area (TPSA) is 35.5 Å². The maximum Gasteiger partial charge on any atom is 0.0886 e. The Morgan fingerprint density at radius 2 is 1.36 bits per heavy atom. The van der Waals surface area contributed by atoms with Gasteiger partial charge < -0.3 is 0 Å². The highest BCUT2D eigenvalue weighted by Crippen LogP contribution is 2.21. The monoisotopic (exact) mass is 200 g/mol. The summed E-state index contributed by atoms with van der Waals surface area (Å²) in [6, 6.07) is 0. The third-order valence-electron chi connectivity index (χ3n) is 0.715. The van der Waals surface area contributed by atoms with Gasteiger partial charge in [-0.1, -0.05) is 0 Å². The number of rotatable bonds is 4. The lowest BCUT2D eigenvalue weighted by atomic mass is 10.5. The van der Waals surface area contributed by atoms with Crippen molar-refractivity contribution in [2.45, 2.75) is 39.9 Å². The second-order valence-corrected chi connectivity index (χ2v) is 6.25. The summed E-state index contributed by atoms with van der Waals surface area (Å²) in [6.45, 7) is 7.28. The van der Waals surface area contributed by atoms with Crippen LogP contribution in [0.1, 0.15) is 27.7 Å². The third kappa shape index (κ3) is 6.88. The molecule has 11 heavy (non-hydrogen) atoms. The van der Waals surface area contributed by atoms with Crippen LogP contribution in [0.5, 0.6) is 0 Å². The zero-order chi connectivity index (χ0) is 9.07. The van der Waals surface area contributed by atoms with Crippen molar-refractivity contribution in [3.63, 3.8) is 0 Å². The molecule has 0 aromatic heterocycles. The van der Waals surface area contributed by atoms with Gasteiger partial charge in [0.25, 0.3) is 0 Å². The van der Waals surface area contributed by atoms with Gasteiger partial charge >= 0.3 is 0 Å². The van der Waals surface area contributed by atoms with Crippen molar-refractivity contribution in [3.05, 3.63) is 0 Å². The van der Waals surface area contributed by atoms with Gasteiger partial charge in [0, 0.05) is 0 Å². The normalized spacial score (nSPS) is 14.5. The van der Waals surface area contributed by atoms with Crippen LogP contribution in [0.4, 0.5) is 0 Å². The molecule has 0 bridgehead atoms. The van der Waals surface area contributed by atoms with Crippen molar-refractivity contribution in [2.75, 3.05) is 0 Å². The molecule has 0 aliphatic rings. The first-order chi connectivity index (χ1) is 4.83. The fourth-order valence-electron chi connectivity index (χ4n) is 0.613. The lowest BCUT2D eigenvalue weighted by molar-refractivity contribution is 0.176. The zero-order valence-electron chi connectivity index (χ0n) is 7.40. The molecule has 0 aliphatic heterocycles. The fraction of sp³-hybridized carbons (Fsp3) is 1.00. The molecular weight excluding hydrogens is 183 g/mol. The van der Waals surface area contributed by atoms with Crippen LogP contribution in [-0.4, -0.2) is 16.4 Å². The van der Waals surface area contributed by atoms with Gasteiger partial charge in [0.15, 0.2) is 0 Å². The van der Waals surface area contributed by atoms with Crippen LogP contribution < -0.4 is 0 Å². The summed E-state index contributed by atoms with van der Waals surface area (Å²) in [4.78, 5) is 0. The van der Waals surface area contributed by atoms with Crippen LogP contribution in [-0.2, 0) is 18.5 Å². The summed E-state index contributed by atoms with van der Waals surface area (Å²) >= 11 is 0. The summed E-state index contributed by atoms with van der Waals surface area (Å²) in [5, 5.41) is 0. The predicted octanol–water partition coefficient (Wildman–Crippen LogP) is 1.47. The molecule has 0 aliphatic carbocycles. The van der Waals surface area contributed by atoms with Crippen LogP contribution in [0.15, 0.2) is 0 Å². The van der Waals surface area contributed by atoms with E-state index in [0.717, 1.165) is 0 Å². The van der Waals surface area contributed by atoms with Gasteiger partial charge in [-0.15, -0.1) is 0 Å². The van der Waals surface area contributed by atoms with E-state index in [9.17, 15) is 4.21 Å². The molecule has 0 aromatic carbocycles. The lowest BCUT2D eigenvalue weighted by Gasteiger charge is -2.23. The molecule has 0 heterocycles. The van der Waals surface area contributed by atoms with Crippen molar-refractivity contribution >= 4 is 18.6 Å². The van der Waals surface area contributed by atoms with Crippen molar-refractivity contribution in [3.8, 4) is 0 Å². The van der Waals surface area contributed by atoms with Gasteiger partial charge in [-0.2, -0.15) is 0 Å². The van der Waals surface area contributed by atoms with Gasteiger partial charge in [-0.25, -0.2) is 4.21 Å². The molecule has 0 saturated heterocycles. The van der Waals surface area contributed by atoms with E-state index in [1.807, 2.05) is 27.7 Å². The van der Waals surface area contributed by atoms with Gasteiger partial charge in [-0.3, -0.25) is 8.37 Å². The summed E-state index contributed by atoms with van der Waals surface area (Å²) in [6.07, 6.45) is -0.144. The summed E-state index contributed by atoms with van der Waals surface area (Å²) in [5.74, 6) is 0. The minimum absolute atomic E-state index is 0.0721. The van der Waals surface area contributed by atoms with Gasteiger partial charge in [0.2, 0.25) is 0 Å². The molecule has 0 amide bonds. The van der Waals surface area contributed by atoms with E-state index in [4.69, 9.17) is 8.37 Å². The van der Waals surface area contributed by atoms with Crippen molar-refractivity contribution in [1.82, 2.24) is 0 Å². The first-order valence-electron chi connectivity index (χ1n) is 3.59. The van der Waals surface area contributed by atoms with Crippen molar-refractivity contribution in [2.24, 2.45) is 0 Å². The summed E-state index contributed by atoms with van der Waals surface area (Å²) < 4.78 is 21.4. The van der Waals surface area contributed by atoms with Gasteiger partial charge in [0.05, 0.1) is 22.3 Å². The second kappa shape index (κ2) is 4.51. The third-order valence-corrected chi connectivity index (χ3v) is 2.88. The molecule has 5 heteroatoms. The smallest absolute Gasteiger partial charge is 0.0886 e. The van der Waals surface area contributed by atoms with E-state index in [0.29, 0.717) is 0 Å². The molecule has 0 N–H and O–H groups in total. The Kier molecular flexibility index (Phi) is 4.71. The maximum atomic E-state index is 11.4. The average molecular weight is 200 g/mol. The Hall–Kier alpha value is 0.500. The Labute approximate surface area is 71.6 Å². The van der Waals surface area contributed by atoms with Crippen LogP contribution in [0.2, 0.25) is 0 Å². The van der Waals surface area contributed by atoms with Gasteiger partial charge in [-0.05, 0) is 36.1 Å². The van der Waals surface area contributed by atoms with Crippen molar-refractivity contribution < 1.29 is 12.6 Å². The van der Waals surface area contributed by atoms with Crippen LogP contribution in [0, 0.1) is 0 Å². The number of hydrogen-bond acceptors (Lipinski definition) is 3. The lowest BCUT2D eigenvalue weighted by Crippen LogP contribution is -2.20. The van der Waals surface area contributed by atoms with E-state index in [1.54, 1.807) is 0 Å². The number of thiol groups is 1. The minimum Gasteiger partial charge on any atom is -0.289 e. The highest BCUT2D eigenvalue weighted by Gasteiger charge is 2.12. The molecule has 0 fully saturated rings. The van der Waals surface area contributed by atoms with E-state index in [-0.39, 0.29) is 12.2 Å². The molecule has 0 rings (SSSR count). The molecule has 1 unspecified atom stereocenters. The van der Waals surface area contributed by atoms with Crippen LogP contribution >= 0.6 is 8.44 Å². The Bertz CT molecular complexity index is 144. The Morgan fingerprint density at radius 1 is 1.09 bits per heavy atom. The maximum absolute atomic E-state index is 11.4. The number of hydrogen-bond donors (Lipinski definition) is 1.